The summed E-state index contributed by atoms with van der Waals surface area (Å²) in [7, 11) is 0. The van der Waals surface area contributed by atoms with E-state index in [1.807, 2.05) is 48.7 Å². The van der Waals surface area contributed by atoms with Gasteiger partial charge in [0.05, 0.1) is 0 Å². The van der Waals surface area contributed by atoms with Crippen LogP contribution in [0.3, 0.4) is 0 Å². The Morgan fingerprint density at radius 3 is 2.73 bits per heavy atom. The molecule has 2 N–H and O–H groups in total. The molecule has 0 spiro atoms. The molecule has 0 fully saturated rings. The number of aromatic nitrogens is 1. The maximum absolute atomic E-state index is 5.68. The molecule has 0 radical (unpaired) electrons. The van der Waals surface area contributed by atoms with Crippen molar-refractivity contribution in [3.8, 4) is 0 Å². The maximum Gasteiger partial charge on any atom is 0.298 e. The molecule has 0 saturated heterocycles. The van der Waals surface area contributed by atoms with E-state index in [9.17, 15) is 0 Å². The van der Waals surface area contributed by atoms with Crippen LogP contribution < -0.4 is 10.6 Å². The number of hydrogen-bond donors (Lipinski definition) is 2. The van der Waals surface area contributed by atoms with E-state index >= 15 is 0 Å². The molecule has 5 nitrogen and oxygen atoms in total. The fourth-order valence-corrected chi connectivity index (χ4v) is 2.62. The van der Waals surface area contributed by atoms with Crippen molar-refractivity contribution in [3.63, 3.8) is 0 Å². The molecule has 2 heterocycles. The predicted octanol–water partition coefficient (Wildman–Crippen LogP) is 3.33. The predicted molar refractivity (Wildman–Crippen MR) is 86.8 cm³/mol. The van der Waals surface area contributed by atoms with Gasteiger partial charge in [-0.1, -0.05) is 42.5 Å². The van der Waals surface area contributed by atoms with Gasteiger partial charge in [-0.25, -0.2) is 0 Å². The van der Waals surface area contributed by atoms with Gasteiger partial charge in [-0.2, -0.15) is 4.98 Å². The Morgan fingerprint density at radius 1 is 1.05 bits per heavy atom. The maximum atomic E-state index is 5.68. The van der Waals surface area contributed by atoms with E-state index in [0.29, 0.717) is 6.01 Å². The third-order valence-corrected chi connectivity index (χ3v) is 3.71. The largest absolute Gasteiger partial charge is 0.423 e. The number of aliphatic imine (C=N–C) groups is 1. The van der Waals surface area contributed by atoms with Crippen LogP contribution in [-0.2, 0) is 0 Å². The third kappa shape index (κ3) is 2.58. The van der Waals surface area contributed by atoms with Crippen LogP contribution in [0.15, 0.2) is 64.0 Å². The number of nitrogens with zero attached hydrogens (tertiary/aromatic N) is 2. The minimum atomic E-state index is -0.244. The lowest BCUT2D eigenvalue weighted by Gasteiger charge is -2.26. The van der Waals surface area contributed by atoms with E-state index in [2.05, 4.69) is 32.7 Å². The van der Waals surface area contributed by atoms with Crippen LogP contribution >= 0.6 is 0 Å². The molecule has 1 aromatic heterocycles. The van der Waals surface area contributed by atoms with E-state index in [1.54, 1.807) is 0 Å². The Kier molecular flexibility index (Phi) is 3.33. The lowest BCUT2D eigenvalue weighted by molar-refractivity contribution is 0.454. The first-order valence-corrected chi connectivity index (χ1v) is 7.33. The van der Waals surface area contributed by atoms with Crippen LogP contribution in [0.25, 0.3) is 11.1 Å². The zero-order valence-corrected chi connectivity index (χ0v) is 11.9. The molecule has 2 atom stereocenters. The molecule has 5 heteroatoms. The molecule has 1 aliphatic heterocycles. The summed E-state index contributed by atoms with van der Waals surface area (Å²) in [6.07, 6.45) is 2.57. The van der Waals surface area contributed by atoms with Crippen molar-refractivity contribution in [1.82, 2.24) is 10.3 Å². The fourth-order valence-electron chi connectivity index (χ4n) is 2.62. The van der Waals surface area contributed by atoms with E-state index < -0.39 is 0 Å². The fraction of sp³-hybridized carbons (Fsp3) is 0.176. The van der Waals surface area contributed by atoms with E-state index in [4.69, 9.17) is 4.42 Å². The second-order valence-electron chi connectivity index (χ2n) is 5.23. The molecule has 2 unspecified atom stereocenters. The average Bonchev–Trinajstić information content (AvgIpc) is 2.98. The van der Waals surface area contributed by atoms with Crippen LogP contribution in [0.5, 0.6) is 0 Å². The van der Waals surface area contributed by atoms with E-state index in [1.165, 1.54) is 5.56 Å². The van der Waals surface area contributed by atoms with Gasteiger partial charge in [0.1, 0.15) is 5.52 Å². The van der Waals surface area contributed by atoms with Crippen LogP contribution in [0.4, 0.5) is 6.01 Å². The zero-order chi connectivity index (χ0) is 14.8. The number of benzene rings is 2. The van der Waals surface area contributed by atoms with Crippen LogP contribution in [0.2, 0.25) is 0 Å². The lowest BCUT2D eigenvalue weighted by Crippen LogP contribution is -2.40. The van der Waals surface area contributed by atoms with Gasteiger partial charge in [-0.15, -0.1) is 0 Å². The van der Waals surface area contributed by atoms with Crippen LogP contribution in [0, 0.1) is 0 Å². The van der Waals surface area contributed by atoms with E-state index in [-0.39, 0.29) is 12.3 Å². The quantitative estimate of drug-likeness (QED) is 0.777. The highest BCUT2D eigenvalue weighted by Crippen LogP contribution is 2.22. The molecular weight excluding hydrogens is 276 g/mol. The highest BCUT2D eigenvalue weighted by molar-refractivity contribution is 5.74. The molecule has 110 valence electrons. The number of oxazole rings is 1. The molecule has 22 heavy (non-hydrogen) atoms. The molecule has 2 aromatic carbocycles. The van der Waals surface area contributed by atoms with Crippen LogP contribution in [0.1, 0.15) is 18.0 Å². The molecule has 1 aliphatic rings. The SMILES string of the molecule is C1=NC(Nc2nc3ccccc3o2)NC(c2ccccc2)C1. The first-order chi connectivity index (χ1) is 10.9. The summed E-state index contributed by atoms with van der Waals surface area (Å²) in [5.74, 6) is 0. The number of hydrogen-bond acceptors (Lipinski definition) is 5. The van der Waals surface area contributed by atoms with Crippen LogP contribution in [-0.4, -0.2) is 17.5 Å². The van der Waals surface area contributed by atoms with Crippen molar-refractivity contribution in [2.24, 2.45) is 4.99 Å². The number of para-hydroxylation sites is 2. The van der Waals surface area contributed by atoms with Crippen molar-refractivity contribution in [3.05, 3.63) is 60.2 Å². The number of nitrogens with one attached hydrogen (secondary N) is 2. The lowest BCUT2D eigenvalue weighted by atomic mass is 10.0. The van der Waals surface area contributed by atoms with Crippen molar-refractivity contribution in [1.29, 1.82) is 0 Å². The number of fused-ring (bicyclic) bond motifs is 1. The highest BCUT2D eigenvalue weighted by atomic mass is 16.4. The summed E-state index contributed by atoms with van der Waals surface area (Å²) in [6.45, 7) is 0. The van der Waals surface area contributed by atoms with Crippen molar-refractivity contribution >= 4 is 23.3 Å². The summed E-state index contributed by atoms with van der Waals surface area (Å²) in [5, 5.41) is 6.64. The monoisotopic (exact) mass is 292 g/mol. The first kappa shape index (κ1) is 13.0. The first-order valence-electron chi connectivity index (χ1n) is 7.33. The molecule has 0 saturated carbocycles. The van der Waals surface area contributed by atoms with Gasteiger partial charge in [0.2, 0.25) is 0 Å². The normalized spacial score (nSPS) is 21.1. The van der Waals surface area contributed by atoms with Gasteiger partial charge in [0.25, 0.3) is 6.01 Å². The van der Waals surface area contributed by atoms with Crippen molar-refractivity contribution < 1.29 is 4.42 Å². The van der Waals surface area contributed by atoms with Gasteiger partial charge >= 0.3 is 0 Å². The summed E-state index contributed by atoms with van der Waals surface area (Å²) >= 11 is 0. The Bertz CT molecular complexity index is 764. The van der Waals surface area contributed by atoms with Gasteiger partial charge in [0, 0.05) is 18.7 Å². The summed E-state index contributed by atoms with van der Waals surface area (Å²) < 4.78 is 5.68. The van der Waals surface area contributed by atoms with Gasteiger partial charge < -0.3 is 9.73 Å². The Morgan fingerprint density at radius 2 is 1.86 bits per heavy atom. The Labute approximate surface area is 128 Å². The molecule has 0 amide bonds. The van der Waals surface area contributed by atoms with Crippen molar-refractivity contribution in [2.45, 2.75) is 18.8 Å². The average molecular weight is 292 g/mol. The zero-order valence-electron chi connectivity index (χ0n) is 11.9. The third-order valence-electron chi connectivity index (χ3n) is 3.71. The molecule has 4 rings (SSSR count). The minimum absolute atomic E-state index is 0.237. The van der Waals surface area contributed by atoms with Gasteiger partial charge in [-0.05, 0) is 17.7 Å². The highest BCUT2D eigenvalue weighted by Gasteiger charge is 2.20. The molecule has 3 aromatic rings. The second-order valence-corrected chi connectivity index (χ2v) is 5.23. The standard InChI is InChI=1S/C17H16N4O/c1-2-6-12(7-3-1)13-10-11-18-16(19-13)21-17-20-14-8-4-5-9-15(14)22-17/h1-9,11,13,16,19H,10H2,(H,20,21). The summed E-state index contributed by atoms with van der Waals surface area (Å²) in [6, 6.07) is 18.8. The van der Waals surface area contributed by atoms with Crippen molar-refractivity contribution in [2.75, 3.05) is 5.32 Å². The topological polar surface area (TPSA) is 62.5 Å². The number of rotatable bonds is 3. The Hall–Kier alpha value is -2.66. The summed E-state index contributed by atoms with van der Waals surface area (Å²) in [4.78, 5) is 8.84. The second kappa shape index (κ2) is 5.61. The van der Waals surface area contributed by atoms with Gasteiger partial charge in [0.15, 0.2) is 11.9 Å². The Balaban J connectivity index is 1.51. The van der Waals surface area contributed by atoms with Gasteiger partial charge in [-0.3, -0.25) is 10.3 Å². The van der Waals surface area contributed by atoms with E-state index in [0.717, 1.165) is 17.5 Å². The molecule has 0 bridgehead atoms. The minimum Gasteiger partial charge on any atom is -0.423 e. The molecule has 0 aliphatic carbocycles. The smallest absolute Gasteiger partial charge is 0.298 e. The number of anilines is 1. The molecular formula is C17H16N4O. The summed E-state index contributed by atoms with van der Waals surface area (Å²) in [5.41, 5.74) is 2.85.